The first-order valence-electron chi connectivity index (χ1n) is 20.0. The van der Waals surface area contributed by atoms with Gasteiger partial charge in [0.25, 0.3) is 0 Å². The van der Waals surface area contributed by atoms with E-state index in [1.165, 1.54) is 0 Å². The van der Waals surface area contributed by atoms with E-state index in [-0.39, 0.29) is 29.9 Å². The highest BCUT2D eigenvalue weighted by atomic mass is 16.6. The second-order valence-corrected chi connectivity index (χ2v) is 15.2. The summed E-state index contributed by atoms with van der Waals surface area (Å²) in [7, 11) is 8.13. The van der Waals surface area contributed by atoms with E-state index in [4.69, 9.17) is 38.4 Å². The molecule has 2 aliphatic rings. The molecule has 1 saturated carbocycles. The normalized spacial score (nSPS) is 16.8. The molecular formula is C47H48N6O8. The van der Waals surface area contributed by atoms with Gasteiger partial charge in [-0.05, 0) is 84.5 Å². The quantitative estimate of drug-likeness (QED) is 0.101. The maximum absolute atomic E-state index is 13.7. The van der Waals surface area contributed by atoms with Gasteiger partial charge in [0.1, 0.15) is 46.5 Å². The SMILES string of the molecule is COc1ccc(CN2CC(C3CC3C(=O)Nc3cc4cc(-c5cnccc5C)nc(N(Cc5ccc(OC)cc5OC)Cc5ccc(OC)cc5OC)c4cn3)OC2=O)cc1. The van der Waals surface area contributed by atoms with Gasteiger partial charge in [-0.3, -0.25) is 9.78 Å². The summed E-state index contributed by atoms with van der Waals surface area (Å²) in [6.45, 7) is 3.64. The van der Waals surface area contributed by atoms with E-state index in [1.54, 1.807) is 52.8 Å². The molecule has 61 heavy (non-hydrogen) atoms. The van der Waals surface area contributed by atoms with Crippen LogP contribution in [0.3, 0.4) is 0 Å². The molecule has 0 spiro atoms. The van der Waals surface area contributed by atoms with Gasteiger partial charge in [-0.15, -0.1) is 0 Å². The predicted octanol–water partition coefficient (Wildman–Crippen LogP) is 7.85. The number of hydrogen-bond acceptors (Lipinski definition) is 12. The number of methoxy groups -OCH3 is 5. The van der Waals surface area contributed by atoms with Crippen molar-refractivity contribution in [2.24, 2.45) is 11.8 Å². The summed E-state index contributed by atoms with van der Waals surface area (Å²) in [5, 5.41) is 4.63. The van der Waals surface area contributed by atoms with E-state index in [0.29, 0.717) is 72.9 Å². The monoisotopic (exact) mass is 824 g/mol. The fourth-order valence-electron chi connectivity index (χ4n) is 7.87. The number of nitrogens with one attached hydrogen (secondary N) is 1. The number of cyclic esters (lactones) is 1. The highest BCUT2D eigenvalue weighted by Gasteiger charge is 2.52. The van der Waals surface area contributed by atoms with Gasteiger partial charge >= 0.3 is 6.09 Å². The number of pyridine rings is 3. The van der Waals surface area contributed by atoms with Crippen molar-refractivity contribution in [2.75, 3.05) is 52.3 Å². The van der Waals surface area contributed by atoms with Crippen molar-refractivity contribution < 1.29 is 38.0 Å². The third kappa shape index (κ3) is 8.79. The molecule has 8 rings (SSSR count). The number of amides is 2. The van der Waals surface area contributed by atoms with Crippen LogP contribution in [0.15, 0.2) is 97.5 Å². The van der Waals surface area contributed by atoms with Crippen molar-refractivity contribution in [1.82, 2.24) is 19.9 Å². The van der Waals surface area contributed by atoms with Crippen molar-refractivity contribution >= 4 is 34.4 Å². The smallest absolute Gasteiger partial charge is 0.410 e. The minimum absolute atomic E-state index is 0.0836. The zero-order chi connectivity index (χ0) is 42.6. The Morgan fingerprint density at radius 2 is 1.48 bits per heavy atom. The lowest BCUT2D eigenvalue weighted by molar-refractivity contribution is -0.118. The first kappa shape index (κ1) is 40.7. The Labute approximate surface area is 354 Å². The predicted molar refractivity (Wildman–Crippen MR) is 230 cm³/mol. The van der Waals surface area contributed by atoms with E-state index < -0.39 is 0 Å². The topological polar surface area (TPSA) is 147 Å². The molecule has 6 aromatic rings. The molecule has 0 radical (unpaired) electrons. The van der Waals surface area contributed by atoms with E-state index in [2.05, 4.69) is 15.2 Å². The number of nitrogens with zero attached hydrogens (tertiary/aromatic N) is 5. The summed E-state index contributed by atoms with van der Waals surface area (Å²) in [6.07, 6.45) is 5.18. The number of fused-ring (bicyclic) bond motifs is 1. The number of rotatable bonds is 16. The van der Waals surface area contributed by atoms with Crippen LogP contribution < -0.4 is 33.9 Å². The molecule has 3 aromatic heterocycles. The summed E-state index contributed by atoms with van der Waals surface area (Å²) in [5.74, 6) is 3.91. The number of carbonyl (C=O) groups is 2. The molecule has 2 fully saturated rings. The third-order valence-corrected chi connectivity index (χ3v) is 11.4. The van der Waals surface area contributed by atoms with Gasteiger partial charge in [0, 0.05) is 84.3 Å². The number of ether oxygens (including phenoxy) is 6. The summed E-state index contributed by atoms with van der Waals surface area (Å²) in [5.41, 5.74) is 5.35. The van der Waals surface area contributed by atoms with Crippen molar-refractivity contribution in [3.8, 4) is 40.0 Å². The van der Waals surface area contributed by atoms with Gasteiger partial charge in [0.05, 0.1) is 47.8 Å². The molecular weight excluding hydrogens is 777 g/mol. The van der Waals surface area contributed by atoms with Gasteiger partial charge in [0.2, 0.25) is 5.91 Å². The molecule has 3 unspecified atom stereocenters. The van der Waals surface area contributed by atoms with Crippen LogP contribution in [0.5, 0.6) is 28.7 Å². The van der Waals surface area contributed by atoms with Crippen LogP contribution in [0.25, 0.3) is 22.0 Å². The molecule has 14 nitrogen and oxygen atoms in total. The Morgan fingerprint density at radius 3 is 2.10 bits per heavy atom. The Kier molecular flexibility index (Phi) is 11.8. The van der Waals surface area contributed by atoms with Crippen LogP contribution in [0.2, 0.25) is 0 Å². The number of aryl methyl sites for hydroxylation is 1. The zero-order valence-electron chi connectivity index (χ0n) is 35.0. The summed E-state index contributed by atoms with van der Waals surface area (Å²) in [6, 6.07) is 24.9. The lowest BCUT2D eigenvalue weighted by atomic mass is 10.0. The van der Waals surface area contributed by atoms with Crippen LogP contribution in [-0.4, -0.2) is 80.0 Å². The minimum atomic E-state index is -0.378. The van der Waals surface area contributed by atoms with Crippen molar-refractivity contribution in [1.29, 1.82) is 0 Å². The Morgan fingerprint density at radius 1 is 0.820 bits per heavy atom. The van der Waals surface area contributed by atoms with Crippen LogP contribution in [0.1, 0.15) is 28.7 Å². The molecule has 1 aliphatic heterocycles. The number of hydrogen-bond donors (Lipinski definition) is 1. The molecule has 0 bridgehead atoms. The van der Waals surface area contributed by atoms with Crippen LogP contribution >= 0.6 is 0 Å². The van der Waals surface area contributed by atoms with Crippen LogP contribution in [-0.2, 0) is 29.2 Å². The molecule has 14 heteroatoms. The maximum Gasteiger partial charge on any atom is 0.410 e. The highest BCUT2D eigenvalue weighted by molar-refractivity contribution is 5.99. The van der Waals surface area contributed by atoms with Crippen molar-refractivity contribution in [3.63, 3.8) is 0 Å². The van der Waals surface area contributed by atoms with E-state index >= 15 is 0 Å². The molecule has 3 atom stereocenters. The summed E-state index contributed by atoms with van der Waals surface area (Å²) < 4.78 is 33.7. The van der Waals surface area contributed by atoms with Gasteiger partial charge in [-0.1, -0.05) is 12.1 Å². The Hall–Kier alpha value is -7.09. The average Bonchev–Trinajstić information content (AvgIpc) is 4.02. The summed E-state index contributed by atoms with van der Waals surface area (Å²) >= 11 is 0. The number of anilines is 2. The number of carbonyl (C=O) groups excluding carboxylic acids is 2. The maximum atomic E-state index is 13.7. The van der Waals surface area contributed by atoms with Crippen molar-refractivity contribution in [2.45, 2.75) is 39.1 Å². The van der Waals surface area contributed by atoms with Crippen molar-refractivity contribution in [3.05, 3.63) is 120 Å². The van der Waals surface area contributed by atoms with Gasteiger partial charge in [0.15, 0.2) is 0 Å². The number of benzene rings is 3. The standard InChI is InChI=1S/C47H48N6O8/c1-28-15-16-48-22-38(28)40-17-32-18-44(51-46(54)37-21-36(37)43-27-53(47(55)61-43)24-29-7-11-33(56-2)12-8-29)49-23-39(32)45(50-40)52(25-30-9-13-34(57-3)19-41(30)59-5)26-31-10-14-35(58-4)20-42(31)60-6/h7-20,22-23,36-37,43H,21,24-27H2,1-6H3,(H,49,51,54). The molecule has 1 aliphatic carbocycles. The molecule has 3 aromatic carbocycles. The fourth-order valence-corrected chi connectivity index (χ4v) is 7.87. The molecule has 4 heterocycles. The van der Waals surface area contributed by atoms with Gasteiger partial charge < -0.3 is 43.5 Å². The fraction of sp³-hybridized carbons (Fsp3) is 0.298. The lowest BCUT2D eigenvalue weighted by Gasteiger charge is -2.28. The van der Waals surface area contributed by atoms with Crippen LogP contribution in [0, 0.1) is 18.8 Å². The van der Waals surface area contributed by atoms with Gasteiger partial charge in [-0.25, -0.2) is 14.8 Å². The zero-order valence-corrected chi connectivity index (χ0v) is 35.0. The van der Waals surface area contributed by atoms with E-state index in [9.17, 15) is 9.59 Å². The third-order valence-electron chi connectivity index (χ3n) is 11.4. The van der Waals surface area contributed by atoms with E-state index in [1.807, 2.05) is 92.0 Å². The molecule has 2 amide bonds. The molecule has 1 N–H and O–H groups in total. The highest BCUT2D eigenvalue weighted by Crippen LogP contribution is 2.45. The largest absolute Gasteiger partial charge is 0.497 e. The summed E-state index contributed by atoms with van der Waals surface area (Å²) in [4.78, 5) is 44.9. The average molecular weight is 825 g/mol. The minimum Gasteiger partial charge on any atom is -0.497 e. The molecule has 314 valence electrons. The lowest BCUT2D eigenvalue weighted by Crippen LogP contribution is -2.26. The molecule has 1 saturated heterocycles. The van der Waals surface area contributed by atoms with Gasteiger partial charge in [-0.2, -0.15) is 0 Å². The number of aromatic nitrogens is 3. The Balaban J connectivity index is 1.10. The first-order chi connectivity index (χ1) is 29.7. The second kappa shape index (κ2) is 17.6. The second-order valence-electron chi connectivity index (χ2n) is 15.2. The Bertz CT molecular complexity index is 2510. The first-order valence-corrected chi connectivity index (χ1v) is 20.0. The van der Waals surface area contributed by atoms with E-state index in [0.717, 1.165) is 44.3 Å². The van der Waals surface area contributed by atoms with Crippen LogP contribution in [0.4, 0.5) is 16.4 Å².